The standard InChI is InChI=1S/C31H41NO3/c1-6-16-35-24-15-14-22-18-27(26(19-23(22)17-24)29(33)20(2)31(3,4)5)30(34)32-28-13-9-11-21-10-7-8-12-25(21)28/h7-8,10,12,14-15,17,20,26-28H,6,9,11,13,16,18-19H2,1-5H3,(H,32,34)/t20-,26?,27-,28-/m1/s1. The Balaban J connectivity index is 1.61. The molecule has 0 fully saturated rings. The summed E-state index contributed by atoms with van der Waals surface area (Å²) >= 11 is 0. The van der Waals surface area contributed by atoms with Crippen molar-refractivity contribution >= 4 is 11.7 Å². The van der Waals surface area contributed by atoms with Crippen LogP contribution in [0.1, 0.15) is 82.2 Å². The van der Waals surface area contributed by atoms with E-state index in [0.717, 1.165) is 42.6 Å². The van der Waals surface area contributed by atoms with Crippen LogP contribution in [0, 0.1) is 23.2 Å². The van der Waals surface area contributed by atoms with Gasteiger partial charge in [-0.3, -0.25) is 9.59 Å². The fourth-order valence-electron chi connectivity index (χ4n) is 5.56. The van der Waals surface area contributed by atoms with Gasteiger partial charge in [0.1, 0.15) is 11.5 Å². The summed E-state index contributed by atoms with van der Waals surface area (Å²) in [4.78, 5) is 27.6. The molecule has 1 N–H and O–H groups in total. The molecule has 0 aromatic heterocycles. The molecule has 188 valence electrons. The van der Waals surface area contributed by atoms with Crippen LogP contribution < -0.4 is 10.1 Å². The number of hydrogen-bond donors (Lipinski definition) is 1. The zero-order chi connectivity index (χ0) is 25.2. The molecule has 35 heavy (non-hydrogen) atoms. The zero-order valence-corrected chi connectivity index (χ0v) is 22.0. The Morgan fingerprint density at radius 2 is 1.77 bits per heavy atom. The summed E-state index contributed by atoms with van der Waals surface area (Å²) < 4.78 is 5.86. The number of carbonyl (C=O) groups is 2. The second kappa shape index (κ2) is 10.6. The Hall–Kier alpha value is -2.62. The predicted octanol–water partition coefficient (Wildman–Crippen LogP) is 6.25. The van der Waals surface area contributed by atoms with Gasteiger partial charge in [-0.05, 0) is 78.3 Å². The van der Waals surface area contributed by atoms with Crippen molar-refractivity contribution in [1.82, 2.24) is 5.32 Å². The van der Waals surface area contributed by atoms with E-state index >= 15 is 0 Å². The Labute approximate surface area is 210 Å². The summed E-state index contributed by atoms with van der Waals surface area (Å²) in [6.07, 6.45) is 5.22. The van der Waals surface area contributed by atoms with Gasteiger partial charge < -0.3 is 10.1 Å². The van der Waals surface area contributed by atoms with Crippen molar-refractivity contribution in [3.8, 4) is 5.75 Å². The molecule has 4 nitrogen and oxygen atoms in total. The number of nitrogens with one attached hydrogen (secondary N) is 1. The number of ketones is 1. The summed E-state index contributed by atoms with van der Waals surface area (Å²) in [5, 5.41) is 3.36. The highest BCUT2D eigenvalue weighted by Crippen LogP contribution is 2.39. The molecule has 0 saturated heterocycles. The van der Waals surface area contributed by atoms with Gasteiger partial charge in [-0.25, -0.2) is 0 Å². The highest BCUT2D eigenvalue weighted by atomic mass is 16.5. The summed E-state index contributed by atoms with van der Waals surface area (Å²) in [6, 6.07) is 14.6. The molecule has 0 spiro atoms. The number of aryl methyl sites for hydroxylation is 1. The Kier molecular flexibility index (Phi) is 7.68. The molecule has 0 radical (unpaired) electrons. The first-order chi connectivity index (χ1) is 16.7. The SMILES string of the molecule is CCCOc1ccc2c(c1)CC(C(=O)[C@@H](C)C(C)(C)C)[C@H](C(=O)N[C@@H]1CCCc3ccccc31)C2. The van der Waals surface area contributed by atoms with Crippen LogP contribution >= 0.6 is 0 Å². The van der Waals surface area contributed by atoms with Gasteiger partial charge in [0.2, 0.25) is 5.91 Å². The van der Waals surface area contributed by atoms with Gasteiger partial charge in [-0.1, -0.05) is 65.0 Å². The highest BCUT2D eigenvalue weighted by Gasteiger charge is 2.42. The van der Waals surface area contributed by atoms with Crippen molar-refractivity contribution in [2.45, 2.75) is 79.2 Å². The van der Waals surface area contributed by atoms with Crippen LogP contribution in [0.25, 0.3) is 0 Å². The minimum absolute atomic E-state index is 0.0168. The van der Waals surface area contributed by atoms with Crippen LogP contribution in [0.15, 0.2) is 42.5 Å². The van der Waals surface area contributed by atoms with E-state index in [4.69, 9.17) is 4.74 Å². The molecule has 4 heteroatoms. The van der Waals surface area contributed by atoms with Crippen molar-refractivity contribution < 1.29 is 14.3 Å². The van der Waals surface area contributed by atoms with Gasteiger partial charge in [-0.15, -0.1) is 0 Å². The molecule has 0 saturated carbocycles. The van der Waals surface area contributed by atoms with Crippen molar-refractivity contribution in [3.05, 3.63) is 64.7 Å². The van der Waals surface area contributed by atoms with Crippen molar-refractivity contribution in [1.29, 1.82) is 0 Å². The van der Waals surface area contributed by atoms with Gasteiger partial charge in [0.25, 0.3) is 0 Å². The molecular formula is C31H41NO3. The number of amides is 1. The van der Waals surface area contributed by atoms with Crippen LogP contribution in [0.4, 0.5) is 0 Å². The van der Waals surface area contributed by atoms with E-state index in [1.165, 1.54) is 11.1 Å². The molecule has 4 atom stereocenters. The van der Waals surface area contributed by atoms with E-state index < -0.39 is 0 Å². The Morgan fingerprint density at radius 1 is 1.03 bits per heavy atom. The topological polar surface area (TPSA) is 55.4 Å². The van der Waals surface area contributed by atoms with Crippen LogP contribution in [0.5, 0.6) is 5.75 Å². The fraction of sp³-hybridized carbons (Fsp3) is 0.548. The largest absolute Gasteiger partial charge is 0.494 e. The first-order valence-corrected chi connectivity index (χ1v) is 13.4. The summed E-state index contributed by atoms with van der Waals surface area (Å²) in [5.41, 5.74) is 4.71. The molecule has 2 aromatic rings. The third kappa shape index (κ3) is 5.63. The average molecular weight is 476 g/mol. The van der Waals surface area contributed by atoms with Crippen molar-refractivity contribution in [2.24, 2.45) is 23.2 Å². The first kappa shape index (κ1) is 25.5. The monoisotopic (exact) mass is 475 g/mol. The number of hydrogen-bond acceptors (Lipinski definition) is 3. The maximum atomic E-state index is 13.8. The molecular weight excluding hydrogens is 434 g/mol. The molecule has 1 unspecified atom stereocenters. The van der Waals surface area contributed by atoms with Crippen molar-refractivity contribution in [3.63, 3.8) is 0 Å². The van der Waals surface area contributed by atoms with Crippen molar-refractivity contribution in [2.75, 3.05) is 6.61 Å². The predicted molar refractivity (Wildman–Crippen MR) is 141 cm³/mol. The number of ether oxygens (including phenoxy) is 1. The summed E-state index contributed by atoms with van der Waals surface area (Å²) in [7, 11) is 0. The van der Waals surface area contributed by atoms with Gasteiger partial charge in [0.05, 0.1) is 18.6 Å². The molecule has 4 rings (SSSR count). The maximum Gasteiger partial charge on any atom is 0.224 e. The van der Waals surface area contributed by atoms with E-state index in [-0.39, 0.29) is 40.9 Å². The van der Waals surface area contributed by atoms with Gasteiger partial charge in [0.15, 0.2) is 0 Å². The second-order valence-corrected chi connectivity index (χ2v) is 11.5. The lowest BCUT2D eigenvalue weighted by Gasteiger charge is -2.37. The average Bonchev–Trinajstić information content (AvgIpc) is 2.85. The molecule has 2 aromatic carbocycles. The lowest BCUT2D eigenvalue weighted by Crippen LogP contribution is -2.46. The maximum absolute atomic E-state index is 13.8. The first-order valence-electron chi connectivity index (χ1n) is 13.4. The normalized spacial score (nSPS) is 22.5. The minimum atomic E-state index is -0.351. The molecule has 2 aliphatic rings. The lowest BCUT2D eigenvalue weighted by atomic mass is 9.67. The zero-order valence-electron chi connectivity index (χ0n) is 22.0. The third-order valence-electron chi connectivity index (χ3n) is 8.13. The molecule has 0 bridgehead atoms. The molecule has 0 heterocycles. The van der Waals surface area contributed by atoms with E-state index in [2.05, 4.69) is 69.4 Å². The molecule has 0 aliphatic heterocycles. The van der Waals surface area contributed by atoms with E-state index in [1.54, 1.807) is 0 Å². The van der Waals surface area contributed by atoms with E-state index in [0.29, 0.717) is 19.4 Å². The van der Waals surface area contributed by atoms with Gasteiger partial charge in [0, 0.05) is 11.8 Å². The van der Waals surface area contributed by atoms with E-state index in [9.17, 15) is 9.59 Å². The van der Waals surface area contributed by atoms with Crippen LogP contribution in [-0.2, 0) is 28.9 Å². The van der Waals surface area contributed by atoms with Crippen LogP contribution in [0.3, 0.4) is 0 Å². The number of Topliss-reactive ketones (excluding diaryl/α,β-unsaturated/α-hetero) is 1. The van der Waals surface area contributed by atoms with Crippen LogP contribution in [-0.4, -0.2) is 18.3 Å². The number of fused-ring (bicyclic) bond motifs is 2. The minimum Gasteiger partial charge on any atom is -0.494 e. The Bertz CT molecular complexity index is 1070. The lowest BCUT2D eigenvalue weighted by molar-refractivity contribution is -0.138. The Morgan fingerprint density at radius 3 is 2.51 bits per heavy atom. The fourth-order valence-corrected chi connectivity index (χ4v) is 5.56. The quantitative estimate of drug-likeness (QED) is 0.515. The summed E-state index contributed by atoms with van der Waals surface area (Å²) in [5.74, 6) is 0.269. The van der Waals surface area contributed by atoms with Crippen LogP contribution in [0.2, 0.25) is 0 Å². The van der Waals surface area contributed by atoms with E-state index in [1.807, 2.05) is 13.0 Å². The highest BCUT2D eigenvalue weighted by molar-refractivity contribution is 5.91. The number of benzene rings is 2. The molecule has 2 aliphatic carbocycles. The number of carbonyl (C=O) groups excluding carboxylic acids is 2. The van der Waals surface area contributed by atoms with Gasteiger partial charge >= 0.3 is 0 Å². The second-order valence-electron chi connectivity index (χ2n) is 11.5. The molecule has 1 amide bonds. The van der Waals surface area contributed by atoms with Gasteiger partial charge in [-0.2, -0.15) is 0 Å². The third-order valence-corrected chi connectivity index (χ3v) is 8.13. The number of rotatable bonds is 7. The smallest absolute Gasteiger partial charge is 0.224 e. The summed E-state index contributed by atoms with van der Waals surface area (Å²) in [6.45, 7) is 11.1.